The van der Waals surface area contributed by atoms with Gasteiger partial charge in [0.2, 0.25) is 5.91 Å². The molecule has 1 heterocycles. The molecule has 1 fully saturated rings. The molecule has 1 N–H and O–H groups in total. The van der Waals surface area contributed by atoms with Crippen LogP contribution in [0.1, 0.15) is 31.2 Å². The SMILES string of the molecule is CCC(CC(=O)N1C[C@@H](C(F)(F)F)[C@H](C(=O)O)C1)c1ccc(OC)cc1. The number of alkyl halides is 3. The van der Waals surface area contributed by atoms with Gasteiger partial charge in [-0.1, -0.05) is 19.1 Å². The molecule has 8 heteroatoms. The van der Waals surface area contributed by atoms with Crippen LogP contribution < -0.4 is 4.74 Å². The topological polar surface area (TPSA) is 66.8 Å². The summed E-state index contributed by atoms with van der Waals surface area (Å²) in [5.74, 6) is -5.09. The number of halogens is 3. The van der Waals surface area contributed by atoms with Crippen molar-refractivity contribution in [3.63, 3.8) is 0 Å². The summed E-state index contributed by atoms with van der Waals surface area (Å²) in [5, 5.41) is 9.05. The standard InChI is InChI=1S/C18H22F3NO4/c1-3-11(12-4-6-13(26-2)7-5-12)8-16(23)22-9-14(17(24)25)15(10-22)18(19,20)21/h4-7,11,14-15H,3,8-10H2,1-2H3,(H,24,25)/t11?,14-,15-/m1/s1. The highest BCUT2D eigenvalue weighted by atomic mass is 19.4. The van der Waals surface area contributed by atoms with Gasteiger partial charge in [-0.05, 0) is 30.0 Å². The first kappa shape index (κ1) is 20.1. The Hall–Kier alpha value is -2.25. The smallest absolute Gasteiger partial charge is 0.394 e. The molecule has 2 rings (SSSR count). The Morgan fingerprint density at radius 1 is 1.27 bits per heavy atom. The average Bonchev–Trinajstić information content (AvgIpc) is 3.06. The number of rotatable bonds is 6. The molecule has 0 spiro atoms. The van der Waals surface area contributed by atoms with Crippen LogP contribution in [0.15, 0.2) is 24.3 Å². The van der Waals surface area contributed by atoms with Gasteiger partial charge in [-0.25, -0.2) is 0 Å². The quantitative estimate of drug-likeness (QED) is 0.831. The van der Waals surface area contributed by atoms with Gasteiger partial charge in [0.25, 0.3) is 0 Å². The molecule has 26 heavy (non-hydrogen) atoms. The van der Waals surface area contributed by atoms with Crippen LogP contribution in [-0.2, 0) is 9.59 Å². The molecule has 1 saturated heterocycles. The third-order valence-electron chi connectivity index (χ3n) is 4.91. The summed E-state index contributed by atoms with van der Waals surface area (Å²) >= 11 is 0. The van der Waals surface area contributed by atoms with E-state index in [0.29, 0.717) is 12.2 Å². The molecule has 0 bridgehead atoms. The summed E-state index contributed by atoms with van der Waals surface area (Å²) < 4.78 is 44.3. The van der Waals surface area contributed by atoms with Crippen molar-refractivity contribution in [3.8, 4) is 5.75 Å². The van der Waals surface area contributed by atoms with Crippen molar-refractivity contribution in [1.82, 2.24) is 4.90 Å². The summed E-state index contributed by atoms with van der Waals surface area (Å²) in [7, 11) is 1.54. The molecular formula is C18H22F3NO4. The van der Waals surface area contributed by atoms with E-state index in [1.165, 1.54) is 0 Å². The van der Waals surface area contributed by atoms with Crippen molar-refractivity contribution in [3.05, 3.63) is 29.8 Å². The molecule has 1 unspecified atom stereocenters. The fraction of sp³-hybridized carbons (Fsp3) is 0.556. The largest absolute Gasteiger partial charge is 0.497 e. The molecule has 1 aliphatic heterocycles. The van der Waals surface area contributed by atoms with Crippen molar-refractivity contribution >= 4 is 11.9 Å². The van der Waals surface area contributed by atoms with E-state index < -0.39 is 43.0 Å². The van der Waals surface area contributed by atoms with Crippen molar-refractivity contribution in [2.75, 3.05) is 20.2 Å². The minimum Gasteiger partial charge on any atom is -0.497 e. The van der Waals surface area contributed by atoms with Gasteiger partial charge in [-0.15, -0.1) is 0 Å². The third kappa shape index (κ3) is 4.47. The molecule has 0 aromatic heterocycles. The lowest BCUT2D eigenvalue weighted by Gasteiger charge is -2.21. The van der Waals surface area contributed by atoms with Gasteiger partial charge >= 0.3 is 12.1 Å². The molecule has 1 aromatic rings. The predicted molar refractivity (Wildman–Crippen MR) is 87.9 cm³/mol. The van der Waals surface area contributed by atoms with E-state index >= 15 is 0 Å². The van der Waals surface area contributed by atoms with Crippen LogP contribution in [-0.4, -0.2) is 48.3 Å². The Balaban J connectivity index is 2.08. The van der Waals surface area contributed by atoms with E-state index in [1.54, 1.807) is 19.2 Å². The number of aliphatic carboxylic acids is 1. The summed E-state index contributed by atoms with van der Waals surface area (Å²) in [5.41, 5.74) is 0.892. The summed E-state index contributed by atoms with van der Waals surface area (Å²) in [4.78, 5) is 24.7. The van der Waals surface area contributed by atoms with E-state index in [-0.39, 0.29) is 12.3 Å². The maximum atomic E-state index is 13.1. The second kappa shape index (κ2) is 7.97. The van der Waals surface area contributed by atoms with Gasteiger partial charge in [0.05, 0.1) is 18.9 Å². The van der Waals surface area contributed by atoms with Gasteiger partial charge in [0.1, 0.15) is 5.75 Å². The number of ether oxygens (including phenoxy) is 1. The van der Waals surface area contributed by atoms with Crippen molar-refractivity contribution in [2.24, 2.45) is 11.8 Å². The van der Waals surface area contributed by atoms with Crippen LogP contribution in [0.4, 0.5) is 13.2 Å². The van der Waals surface area contributed by atoms with Gasteiger partial charge in [-0.3, -0.25) is 9.59 Å². The van der Waals surface area contributed by atoms with E-state index in [4.69, 9.17) is 9.84 Å². The maximum absolute atomic E-state index is 13.1. The second-order valence-electron chi connectivity index (χ2n) is 6.47. The number of carboxylic acid groups (broad SMARTS) is 1. The Bertz CT molecular complexity index is 645. The zero-order chi connectivity index (χ0) is 19.5. The molecule has 1 aliphatic rings. The molecule has 5 nitrogen and oxygen atoms in total. The second-order valence-corrected chi connectivity index (χ2v) is 6.47. The van der Waals surface area contributed by atoms with E-state index in [9.17, 15) is 22.8 Å². The molecule has 1 amide bonds. The predicted octanol–water partition coefficient (Wildman–Crippen LogP) is 3.30. The van der Waals surface area contributed by atoms with E-state index in [1.807, 2.05) is 19.1 Å². The summed E-state index contributed by atoms with van der Waals surface area (Å²) in [6.45, 7) is 0.889. The number of hydrogen-bond acceptors (Lipinski definition) is 3. The molecule has 144 valence electrons. The van der Waals surface area contributed by atoms with Crippen LogP contribution in [0.2, 0.25) is 0 Å². The number of likely N-dealkylation sites (tertiary alicyclic amines) is 1. The number of carbonyl (C=O) groups is 2. The molecule has 0 aliphatic carbocycles. The lowest BCUT2D eigenvalue weighted by atomic mass is 9.92. The average molecular weight is 373 g/mol. The molecule has 3 atom stereocenters. The van der Waals surface area contributed by atoms with Crippen molar-refractivity contribution in [1.29, 1.82) is 0 Å². The number of hydrogen-bond donors (Lipinski definition) is 1. The van der Waals surface area contributed by atoms with Crippen molar-refractivity contribution in [2.45, 2.75) is 31.9 Å². The van der Waals surface area contributed by atoms with Gasteiger partial charge in [0.15, 0.2) is 0 Å². The van der Waals surface area contributed by atoms with Gasteiger partial charge < -0.3 is 14.7 Å². The first-order valence-corrected chi connectivity index (χ1v) is 8.38. The van der Waals surface area contributed by atoms with Gasteiger partial charge in [0, 0.05) is 19.5 Å². The summed E-state index contributed by atoms with van der Waals surface area (Å²) in [6, 6.07) is 7.17. The maximum Gasteiger partial charge on any atom is 0.394 e. The van der Waals surface area contributed by atoms with Crippen molar-refractivity contribution < 1.29 is 32.6 Å². The normalized spacial score (nSPS) is 21.5. The fourth-order valence-electron chi connectivity index (χ4n) is 3.30. The fourth-order valence-corrected chi connectivity index (χ4v) is 3.30. The third-order valence-corrected chi connectivity index (χ3v) is 4.91. The minimum absolute atomic E-state index is 0.0414. The van der Waals surface area contributed by atoms with E-state index in [2.05, 4.69) is 0 Å². The molecule has 1 aromatic carbocycles. The first-order valence-electron chi connectivity index (χ1n) is 8.38. The van der Waals surface area contributed by atoms with E-state index in [0.717, 1.165) is 10.5 Å². The Kier molecular flexibility index (Phi) is 6.15. The molecule has 0 radical (unpaired) electrons. The Morgan fingerprint density at radius 3 is 2.31 bits per heavy atom. The zero-order valence-electron chi connectivity index (χ0n) is 14.6. The lowest BCUT2D eigenvalue weighted by molar-refractivity contribution is -0.188. The van der Waals surface area contributed by atoms with Gasteiger partial charge in [-0.2, -0.15) is 13.2 Å². The van der Waals surface area contributed by atoms with Crippen LogP contribution in [0.5, 0.6) is 5.75 Å². The van der Waals surface area contributed by atoms with Crippen LogP contribution in [0.25, 0.3) is 0 Å². The number of nitrogens with zero attached hydrogens (tertiary/aromatic N) is 1. The van der Waals surface area contributed by atoms with Crippen LogP contribution in [0.3, 0.4) is 0 Å². The highest BCUT2D eigenvalue weighted by Crippen LogP contribution is 2.38. The highest BCUT2D eigenvalue weighted by molar-refractivity contribution is 5.79. The first-order chi connectivity index (χ1) is 12.2. The summed E-state index contributed by atoms with van der Waals surface area (Å²) in [6.07, 6.45) is -3.96. The Labute approximate surface area is 149 Å². The minimum atomic E-state index is -4.64. The number of carboxylic acids is 1. The Morgan fingerprint density at radius 2 is 1.88 bits per heavy atom. The lowest BCUT2D eigenvalue weighted by Crippen LogP contribution is -2.34. The highest BCUT2D eigenvalue weighted by Gasteiger charge is 2.53. The van der Waals surface area contributed by atoms with Crippen LogP contribution in [0, 0.1) is 11.8 Å². The number of carbonyl (C=O) groups excluding carboxylic acids is 1. The number of benzene rings is 1. The zero-order valence-corrected chi connectivity index (χ0v) is 14.6. The monoisotopic (exact) mass is 373 g/mol. The number of amides is 1. The molecular weight excluding hydrogens is 351 g/mol. The number of methoxy groups -OCH3 is 1. The molecule has 0 saturated carbocycles. The van der Waals surface area contributed by atoms with Crippen LogP contribution >= 0.6 is 0 Å².